The van der Waals surface area contributed by atoms with Gasteiger partial charge in [0, 0.05) is 24.4 Å². The largest absolute Gasteiger partial charge is 0.493 e. The van der Waals surface area contributed by atoms with E-state index in [1.165, 1.54) is 0 Å². The number of nitrogens with zero attached hydrogens (tertiary/aromatic N) is 2. The predicted octanol–water partition coefficient (Wildman–Crippen LogP) is 3.94. The Hall–Kier alpha value is -3.02. The number of methoxy groups -OCH3 is 2. The summed E-state index contributed by atoms with van der Waals surface area (Å²) in [7, 11) is 3.21. The monoisotopic (exact) mass is 397 g/mol. The van der Waals surface area contributed by atoms with E-state index in [0.29, 0.717) is 31.0 Å². The smallest absolute Gasteiger partial charge is 0.269 e. The number of ether oxygens (including phenoxy) is 2. The van der Waals surface area contributed by atoms with E-state index in [1.54, 1.807) is 25.2 Å². The van der Waals surface area contributed by atoms with Crippen molar-refractivity contribution in [1.29, 1.82) is 0 Å². The molecule has 0 fully saturated rings. The molecule has 1 amide bonds. The molecular formula is C23H31N3O3. The van der Waals surface area contributed by atoms with Crippen LogP contribution in [0.15, 0.2) is 53.2 Å². The summed E-state index contributed by atoms with van der Waals surface area (Å²) in [6, 6.07) is 5.67. The van der Waals surface area contributed by atoms with Gasteiger partial charge in [-0.15, -0.1) is 0 Å². The highest BCUT2D eigenvalue weighted by Gasteiger charge is 2.15. The van der Waals surface area contributed by atoms with Gasteiger partial charge in [-0.1, -0.05) is 19.1 Å². The van der Waals surface area contributed by atoms with Crippen molar-refractivity contribution < 1.29 is 14.3 Å². The molecule has 29 heavy (non-hydrogen) atoms. The molecule has 6 nitrogen and oxygen atoms in total. The van der Waals surface area contributed by atoms with Crippen LogP contribution in [0.4, 0.5) is 0 Å². The maximum atomic E-state index is 12.6. The van der Waals surface area contributed by atoms with Gasteiger partial charge in [0.15, 0.2) is 11.5 Å². The van der Waals surface area contributed by atoms with Crippen LogP contribution in [-0.4, -0.2) is 43.8 Å². The lowest BCUT2D eigenvalue weighted by Crippen LogP contribution is -2.35. The Balaban J connectivity index is 2.37. The molecule has 0 saturated heterocycles. The summed E-state index contributed by atoms with van der Waals surface area (Å²) in [6.07, 6.45) is 10.1. The number of allylic oxidation sites excluding steroid dienone is 4. The van der Waals surface area contributed by atoms with E-state index < -0.39 is 0 Å². The van der Waals surface area contributed by atoms with Gasteiger partial charge >= 0.3 is 0 Å². The van der Waals surface area contributed by atoms with Gasteiger partial charge in [0.2, 0.25) is 0 Å². The lowest BCUT2D eigenvalue weighted by atomic mass is 10.1. The van der Waals surface area contributed by atoms with Crippen molar-refractivity contribution in [3.05, 3.63) is 53.8 Å². The molecule has 0 aliphatic carbocycles. The fourth-order valence-corrected chi connectivity index (χ4v) is 3.09. The molecule has 2 rings (SSSR count). The van der Waals surface area contributed by atoms with Gasteiger partial charge in [-0.05, 0) is 56.5 Å². The summed E-state index contributed by atoms with van der Waals surface area (Å²) in [5.74, 6) is 1.15. The van der Waals surface area contributed by atoms with E-state index in [1.807, 2.05) is 44.2 Å². The highest BCUT2D eigenvalue weighted by atomic mass is 16.5. The van der Waals surface area contributed by atoms with Crippen LogP contribution in [0.1, 0.15) is 38.7 Å². The maximum absolute atomic E-state index is 12.6. The number of nitrogens with two attached hydrogens (primary N) is 1. The zero-order chi connectivity index (χ0) is 21.2. The first-order valence-corrected chi connectivity index (χ1v) is 9.97. The summed E-state index contributed by atoms with van der Waals surface area (Å²) in [5.41, 5.74) is 8.78. The van der Waals surface area contributed by atoms with Crippen molar-refractivity contribution in [2.24, 2.45) is 10.7 Å². The minimum atomic E-state index is -0.147. The van der Waals surface area contributed by atoms with Gasteiger partial charge < -0.3 is 20.1 Å². The molecule has 0 bridgehead atoms. The normalized spacial score (nSPS) is 19.1. The first-order valence-electron chi connectivity index (χ1n) is 9.97. The van der Waals surface area contributed by atoms with Gasteiger partial charge in [-0.25, -0.2) is 0 Å². The molecule has 1 aliphatic rings. The molecule has 6 heteroatoms. The third-order valence-corrected chi connectivity index (χ3v) is 4.63. The number of likely N-dealkylation sites (N-methyl/N-ethyl adjacent to an activating group) is 1. The Kier molecular flexibility index (Phi) is 8.52. The topological polar surface area (TPSA) is 77.2 Å². The van der Waals surface area contributed by atoms with Crippen molar-refractivity contribution in [1.82, 2.24) is 4.90 Å². The van der Waals surface area contributed by atoms with Gasteiger partial charge in [0.05, 0.1) is 25.6 Å². The highest BCUT2D eigenvalue weighted by Crippen LogP contribution is 2.31. The number of carbonyl (C=O) groups is 1. The number of hydrogen-bond donors (Lipinski definition) is 1. The third-order valence-electron chi connectivity index (χ3n) is 4.63. The second-order valence-corrected chi connectivity index (χ2v) is 6.68. The fourth-order valence-electron chi connectivity index (χ4n) is 3.09. The first-order chi connectivity index (χ1) is 14.0. The van der Waals surface area contributed by atoms with Gasteiger partial charge in [0.25, 0.3) is 5.91 Å². The summed E-state index contributed by atoms with van der Waals surface area (Å²) in [4.78, 5) is 19.2. The predicted molar refractivity (Wildman–Crippen MR) is 118 cm³/mol. The molecular weight excluding hydrogens is 366 g/mol. The number of hydrogen-bond acceptors (Lipinski definition) is 5. The zero-order valence-electron chi connectivity index (χ0n) is 17.8. The molecule has 1 aromatic carbocycles. The highest BCUT2D eigenvalue weighted by molar-refractivity contribution is 6.05. The van der Waals surface area contributed by atoms with Crippen molar-refractivity contribution in [2.45, 2.75) is 33.1 Å². The SMILES string of the molecule is CCCN(CC)C(=O)/C(N)=C/C1=N/C(c2ccc(OC)c(OC)c2)=C\C=C/CC1. The molecule has 156 valence electrons. The number of carbonyl (C=O) groups excluding carboxylic acids is 1. The van der Waals surface area contributed by atoms with E-state index >= 15 is 0 Å². The number of aliphatic imine (C=N–C) groups is 1. The summed E-state index contributed by atoms with van der Waals surface area (Å²) in [6.45, 7) is 5.32. The standard InChI is InChI=1S/C23H31N3O3/c1-5-14-26(6-2)23(27)19(24)16-18-10-8-7-9-11-20(25-18)17-12-13-21(28-3)22(15-17)29-4/h7,9,11-13,15-16H,5-6,8,10,14,24H2,1-4H3/b9-7-,19-16-,20-11-,25-18+. The lowest BCUT2D eigenvalue weighted by Gasteiger charge is -2.20. The third kappa shape index (κ3) is 5.98. The fraction of sp³-hybridized carbons (Fsp3) is 0.391. The molecule has 0 atom stereocenters. The van der Waals surface area contributed by atoms with Crippen molar-refractivity contribution in [3.8, 4) is 11.5 Å². The maximum Gasteiger partial charge on any atom is 0.269 e. The summed E-state index contributed by atoms with van der Waals surface area (Å²) < 4.78 is 10.7. The van der Waals surface area contributed by atoms with Crippen molar-refractivity contribution in [2.75, 3.05) is 27.3 Å². The van der Waals surface area contributed by atoms with E-state index in [2.05, 4.69) is 6.08 Å². The summed E-state index contributed by atoms with van der Waals surface area (Å²) >= 11 is 0. The molecule has 1 aromatic rings. The van der Waals surface area contributed by atoms with Gasteiger partial charge in [-0.3, -0.25) is 9.79 Å². The molecule has 1 heterocycles. The minimum Gasteiger partial charge on any atom is -0.493 e. The average molecular weight is 398 g/mol. The van der Waals surface area contributed by atoms with Crippen LogP contribution in [0.2, 0.25) is 0 Å². The van der Waals surface area contributed by atoms with Gasteiger partial charge in [-0.2, -0.15) is 0 Å². The van der Waals surface area contributed by atoms with Crippen LogP contribution in [0, 0.1) is 0 Å². The molecule has 0 spiro atoms. The van der Waals surface area contributed by atoms with E-state index in [-0.39, 0.29) is 11.6 Å². The number of rotatable bonds is 8. The van der Waals surface area contributed by atoms with E-state index in [4.69, 9.17) is 20.2 Å². The molecule has 0 radical (unpaired) electrons. The Morgan fingerprint density at radius 2 is 2.00 bits per heavy atom. The Bertz CT molecular complexity index is 838. The van der Waals surface area contributed by atoms with Crippen LogP contribution in [0.25, 0.3) is 5.70 Å². The molecule has 2 N–H and O–H groups in total. The Morgan fingerprint density at radius 3 is 2.66 bits per heavy atom. The van der Waals surface area contributed by atoms with Crippen LogP contribution < -0.4 is 15.2 Å². The minimum absolute atomic E-state index is 0.147. The molecule has 1 aliphatic heterocycles. The first kappa shape index (κ1) is 22.3. The van der Waals surface area contributed by atoms with Gasteiger partial charge in [0.1, 0.15) is 0 Å². The van der Waals surface area contributed by atoms with Crippen molar-refractivity contribution in [3.63, 3.8) is 0 Å². The second-order valence-electron chi connectivity index (χ2n) is 6.68. The number of amides is 1. The van der Waals surface area contributed by atoms with E-state index in [9.17, 15) is 4.79 Å². The lowest BCUT2D eigenvalue weighted by molar-refractivity contribution is -0.127. The Labute approximate surface area is 173 Å². The van der Waals surface area contributed by atoms with Crippen LogP contribution in [0.3, 0.4) is 0 Å². The van der Waals surface area contributed by atoms with Crippen molar-refractivity contribution >= 4 is 17.3 Å². The van der Waals surface area contributed by atoms with Crippen LogP contribution >= 0.6 is 0 Å². The van der Waals surface area contributed by atoms with Crippen LogP contribution in [-0.2, 0) is 4.79 Å². The zero-order valence-corrected chi connectivity index (χ0v) is 17.8. The van der Waals surface area contributed by atoms with E-state index in [0.717, 1.165) is 29.8 Å². The quantitative estimate of drug-likeness (QED) is 0.674. The average Bonchev–Trinajstić information content (AvgIpc) is 2.72. The summed E-state index contributed by atoms with van der Waals surface area (Å²) in [5, 5.41) is 0. The second kappa shape index (κ2) is 11.1. The molecule has 0 saturated carbocycles. The number of benzene rings is 1. The molecule has 0 unspecified atom stereocenters. The van der Waals surface area contributed by atoms with Crippen LogP contribution in [0.5, 0.6) is 11.5 Å². The molecule has 0 aromatic heterocycles. The Morgan fingerprint density at radius 1 is 1.24 bits per heavy atom.